The molecule has 0 unspecified atom stereocenters. The first kappa shape index (κ1) is 14.9. The van der Waals surface area contributed by atoms with Crippen LogP contribution in [0.3, 0.4) is 0 Å². The highest BCUT2D eigenvalue weighted by Crippen LogP contribution is 2.44. The summed E-state index contributed by atoms with van der Waals surface area (Å²) in [7, 11) is 0. The summed E-state index contributed by atoms with van der Waals surface area (Å²) in [6.45, 7) is 3.01. The zero-order valence-electron chi connectivity index (χ0n) is 13.5. The molecule has 1 atom stereocenters. The van der Waals surface area contributed by atoms with Gasteiger partial charge < -0.3 is 19.5 Å². The molecule has 0 radical (unpaired) electrons. The van der Waals surface area contributed by atoms with Crippen molar-refractivity contribution in [1.82, 2.24) is 0 Å². The average molecular weight is 325 g/mol. The maximum absolute atomic E-state index is 12.1. The number of amides is 1. The molecule has 2 aromatic carbocycles. The zero-order chi connectivity index (χ0) is 16.5. The molecule has 2 aromatic rings. The Balaban J connectivity index is 1.67. The lowest BCUT2D eigenvalue weighted by molar-refractivity contribution is -0.116. The molecular formula is C19H19NO4. The summed E-state index contributed by atoms with van der Waals surface area (Å²) in [5, 5.41) is 2.93. The maximum Gasteiger partial charge on any atom is 0.231 e. The molecule has 0 bridgehead atoms. The van der Waals surface area contributed by atoms with Crippen molar-refractivity contribution in [3.8, 4) is 17.2 Å². The highest BCUT2D eigenvalue weighted by Gasteiger charge is 2.29. The van der Waals surface area contributed by atoms with Gasteiger partial charge in [-0.2, -0.15) is 0 Å². The summed E-state index contributed by atoms with van der Waals surface area (Å²) in [5.41, 5.74) is 2.95. The Morgan fingerprint density at radius 3 is 2.67 bits per heavy atom. The van der Waals surface area contributed by atoms with Crippen molar-refractivity contribution in [3.05, 3.63) is 47.5 Å². The van der Waals surface area contributed by atoms with E-state index in [1.807, 2.05) is 36.4 Å². The number of benzene rings is 2. The van der Waals surface area contributed by atoms with Crippen LogP contribution in [-0.4, -0.2) is 19.3 Å². The summed E-state index contributed by atoms with van der Waals surface area (Å²) in [6.07, 6.45) is 1.40. The molecule has 0 saturated heterocycles. The Hall–Kier alpha value is -2.69. The first-order valence-electron chi connectivity index (χ1n) is 8.20. The van der Waals surface area contributed by atoms with E-state index < -0.39 is 0 Å². The quantitative estimate of drug-likeness (QED) is 0.932. The minimum Gasteiger partial charge on any atom is -0.494 e. The van der Waals surface area contributed by atoms with Crippen molar-refractivity contribution in [3.63, 3.8) is 0 Å². The maximum atomic E-state index is 12.1. The molecule has 0 aromatic heterocycles. The number of carbonyl (C=O) groups is 1. The fourth-order valence-electron chi connectivity index (χ4n) is 3.16. The van der Waals surface area contributed by atoms with E-state index in [4.69, 9.17) is 14.2 Å². The summed E-state index contributed by atoms with van der Waals surface area (Å²) in [4.78, 5) is 12.1. The van der Waals surface area contributed by atoms with Crippen LogP contribution in [0.1, 0.15) is 36.8 Å². The van der Waals surface area contributed by atoms with E-state index in [9.17, 15) is 4.79 Å². The molecular weight excluding hydrogens is 306 g/mol. The molecule has 2 heterocycles. The highest BCUT2D eigenvalue weighted by atomic mass is 16.7. The largest absolute Gasteiger partial charge is 0.494 e. The van der Waals surface area contributed by atoms with Crippen LogP contribution in [-0.2, 0) is 4.79 Å². The van der Waals surface area contributed by atoms with Crippen molar-refractivity contribution in [1.29, 1.82) is 0 Å². The van der Waals surface area contributed by atoms with E-state index >= 15 is 0 Å². The van der Waals surface area contributed by atoms with E-state index in [1.54, 1.807) is 0 Å². The topological polar surface area (TPSA) is 56.8 Å². The number of hydrogen-bond acceptors (Lipinski definition) is 4. The lowest BCUT2D eigenvalue weighted by atomic mass is 9.84. The van der Waals surface area contributed by atoms with Crippen LogP contribution in [0, 0.1) is 0 Å². The Morgan fingerprint density at radius 2 is 1.92 bits per heavy atom. The third-order valence-corrected chi connectivity index (χ3v) is 4.34. The predicted molar refractivity (Wildman–Crippen MR) is 89.9 cm³/mol. The van der Waals surface area contributed by atoms with Crippen LogP contribution in [0.5, 0.6) is 17.2 Å². The van der Waals surface area contributed by atoms with E-state index in [-0.39, 0.29) is 18.6 Å². The summed E-state index contributed by atoms with van der Waals surface area (Å²) in [6, 6.07) is 11.8. The number of fused-ring (bicyclic) bond motifs is 2. The predicted octanol–water partition coefficient (Wildman–Crippen LogP) is 3.68. The van der Waals surface area contributed by atoms with E-state index in [0.717, 1.165) is 34.7 Å². The fourth-order valence-corrected chi connectivity index (χ4v) is 3.16. The van der Waals surface area contributed by atoms with Gasteiger partial charge in [-0.3, -0.25) is 4.79 Å². The number of ether oxygens (including phenoxy) is 3. The average Bonchev–Trinajstić information content (AvgIpc) is 3.05. The smallest absolute Gasteiger partial charge is 0.231 e. The zero-order valence-corrected chi connectivity index (χ0v) is 13.5. The van der Waals surface area contributed by atoms with Gasteiger partial charge in [0.25, 0.3) is 0 Å². The van der Waals surface area contributed by atoms with Crippen molar-refractivity contribution < 1.29 is 19.0 Å². The summed E-state index contributed by atoms with van der Waals surface area (Å²) in [5.74, 6) is 2.28. The monoisotopic (exact) mass is 325 g/mol. The number of nitrogens with one attached hydrogen (secondary N) is 1. The Morgan fingerprint density at radius 1 is 1.17 bits per heavy atom. The van der Waals surface area contributed by atoms with Crippen molar-refractivity contribution >= 4 is 11.6 Å². The number of rotatable bonds is 4. The lowest BCUT2D eigenvalue weighted by Crippen LogP contribution is -2.23. The molecule has 5 nitrogen and oxygen atoms in total. The minimum atomic E-state index is 0.00322. The van der Waals surface area contributed by atoms with Gasteiger partial charge >= 0.3 is 0 Å². The number of hydrogen-bond donors (Lipinski definition) is 1. The SMILES string of the molecule is CCCOc1ccc([C@@H]2CC(=O)Nc3cc4c(cc32)OCO4)cc1. The second kappa shape index (κ2) is 6.07. The Bertz CT molecular complexity index is 770. The van der Waals surface area contributed by atoms with Crippen LogP contribution >= 0.6 is 0 Å². The molecule has 0 saturated carbocycles. The Labute approximate surface area is 140 Å². The molecule has 24 heavy (non-hydrogen) atoms. The third-order valence-electron chi connectivity index (χ3n) is 4.34. The minimum absolute atomic E-state index is 0.00322. The molecule has 0 aliphatic carbocycles. The highest BCUT2D eigenvalue weighted by molar-refractivity contribution is 5.96. The van der Waals surface area contributed by atoms with Crippen LogP contribution in [0.15, 0.2) is 36.4 Å². The van der Waals surface area contributed by atoms with Gasteiger partial charge in [0, 0.05) is 24.1 Å². The lowest BCUT2D eigenvalue weighted by Gasteiger charge is -2.26. The van der Waals surface area contributed by atoms with Gasteiger partial charge in [0.15, 0.2) is 11.5 Å². The van der Waals surface area contributed by atoms with Gasteiger partial charge in [-0.15, -0.1) is 0 Å². The van der Waals surface area contributed by atoms with E-state index in [1.165, 1.54) is 0 Å². The van der Waals surface area contributed by atoms with Gasteiger partial charge in [-0.05, 0) is 35.7 Å². The molecule has 1 amide bonds. The summed E-state index contributed by atoms with van der Waals surface area (Å²) < 4.78 is 16.5. The molecule has 2 aliphatic heterocycles. The molecule has 0 spiro atoms. The van der Waals surface area contributed by atoms with Gasteiger partial charge in [0.2, 0.25) is 12.7 Å². The molecule has 0 fully saturated rings. The standard InChI is InChI=1S/C19H19NO4/c1-2-7-22-13-5-3-12(4-6-13)14-9-19(21)20-16-10-18-17(8-15(14)16)23-11-24-18/h3-6,8,10,14H,2,7,9,11H2,1H3,(H,20,21)/t14-/m0/s1. The molecule has 1 N–H and O–H groups in total. The number of carbonyl (C=O) groups excluding carboxylic acids is 1. The molecule has 2 aliphatic rings. The number of anilines is 1. The second-order valence-corrected chi connectivity index (χ2v) is 6.02. The van der Waals surface area contributed by atoms with Crippen LogP contribution in [0.25, 0.3) is 0 Å². The fraction of sp³-hybridized carbons (Fsp3) is 0.316. The van der Waals surface area contributed by atoms with E-state index in [2.05, 4.69) is 12.2 Å². The van der Waals surface area contributed by atoms with Crippen molar-refractivity contribution in [2.24, 2.45) is 0 Å². The molecule has 4 rings (SSSR count). The van der Waals surface area contributed by atoms with Gasteiger partial charge in [-0.1, -0.05) is 19.1 Å². The second-order valence-electron chi connectivity index (χ2n) is 6.02. The first-order valence-corrected chi connectivity index (χ1v) is 8.20. The van der Waals surface area contributed by atoms with E-state index in [0.29, 0.717) is 18.8 Å². The van der Waals surface area contributed by atoms with Gasteiger partial charge in [0.05, 0.1) is 6.61 Å². The van der Waals surface area contributed by atoms with Crippen LogP contribution < -0.4 is 19.5 Å². The normalized spacial score (nSPS) is 18.0. The third kappa shape index (κ3) is 2.66. The molecule has 124 valence electrons. The van der Waals surface area contributed by atoms with Crippen molar-refractivity contribution in [2.75, 3.05) is 18.7 Å². The summed E-state index contributed by atoms with van der Waals surface area (Å²) >= 11 is 0. The van der Waals surface area contributed by atoms with Crippen LogP contribution in [0.2, 0.25) is 0 Å². The molecule has 5 heteroatoms. The Kier molecular flexibility index (Phi) is 3.76. The van der Waals surface area contributed by atoms with Gasteiger partial charge in [-0.25, -0.2) is 0 Å². The van der Waals surface area contributed by atoms with Crippen molar-refractivity contribution in [2.45, 2.75) is 25.7 Å². The van der Waals surface area contributed by atoms with Gasteiger partial charge in [0.1, 0.15) is 5.75 Å². The van der Waals surface area contributed by atoms with Crippen LogP contribution in [0.4, 0.5) is 5.69 Å². The first-order chi connectivity index (χ1) is 11.7.